The van der Waals surface area contributed by atoms with Crippen molar-refractivity contribution in [1.29, 1.82) is 0 Å². The minimum atomic E-state index is -4.39. The number of halogens is 3. The molecule has 3 rings (SSSR count). The fraction of sp³-hybridized carbons (Fsp3) is 0.273. The largest absolute Gasteiger partial charge is 0.434 e. The molecular weight excluding hydrogens is 305 g/mol. The smallest absolute Gasteiger partial charge is 0.368 e. The number of rotatable bonds is 4. The van der Waals surface area contributed by atoms with Crippen molar-refractivity contribution in [2.24, 2.45) is 0 Å². The van der Waals surface area contributed by atoms with Crippen LogP contribution < -0.4 is 5.32 Å². The summed E-state index contributed by atoms with van der Waals surface area (Å²) in [7, 11) is 0. The van der Waals surface area contributed by atoms with Gasteiger partial charge in [0.2, 0.25) is 0 Å². The Morgan fingerprint density at radius 3 is 2.86 bits per heavy atom. The number of H-pyrrole nitrogens is 1. The maximum Gasteiger partial charge on any atom is 0.434 e. The minimum absolute atomic E-state index is 0.375. The molecule has 0 amide bonds. The van der Waals surface area contributed by atoms with Crippen LogP contribution in [-0.4, -0.2) is 31.5 Å². The molecule has 0 radical (unpaired) electrons. The molecule has 0 spiro atoms. The quantitative estimate of drug-likeness (QED) is 0.773. The second-order valence-electron chi connectivity index (χ2n) is 4.12. The van der Waals surface area contributed by atoms with Gasteiger partial charge in [0.15, 0.2) is 17.2 Å². The molecule has 0 bridgehead atoms. The molecule has 6 nitrogen and oxygen atoms in total. The summed E-state index contributed by atoms with van der Waals surface area (Å²) in [5, 5.41) is 4.48. The monoisotopic (exact) mass is 314 g/mol. The van der Waals surface area contributed by atoms with Crippen LogP contribution >= 0.6 is 11.3 Å². The zero-order chi connectivity index (χ0) is 14.9. The molecule has 3 heterocycles. The maximum atomic E-state index is 12.4. The van der Waals surface area contributed by atoms with Gasteiger partial charge in [0.1, 0.15) is 11.8 Å². The molecule has 3 aromatic heterocycles. The summed E-state index contributed by atoms with van der Waals surface area (Å²) < 4.78 is 37.3. The number of thiazole rings is 1. The van der Waals surface area contributed by atoms with Gasteiger partial charge in [0, 0.05) is 18.3 Å². The van der Waals surface area contributed by atoms with Gasteiger partial charge >= 0.3 is 6.18 Å². The van der Waals surface area contributed by atoms with Crippen molar-refractivity contribution < 1.29 is 13.2 Å². The third-order valence-corrected chi connectivity index (χ3v) is 3.61. The van der Waals surface area contributed by atoms with E-state index in [0.717, 1.165) is 16.7 Å². The summed E-state index contributed by atoms with van der Waals surface area (Å²) in [5.74, 6) is 0.560. The van der Waals surface area contributed by atoms with Crippen LogP contribution in [0.1, 0.15) is 10.7 Å². The summed E-state index contributed by atoms with van der Waals surface area (Å²) in [6.07, 6.45) is -1.14. The number of aromatic nitrogens is 5. The predicted octanol–water partition coefficient (Wildman–Crippen LogP) is 2.48. The first-order chi connectivity index (χ1) is 10.0. The standard InChI is InChI=1S/C11H9F3N6S/c12-11(13,14)6-3-21-7(20-6)1-2-15-9-8-10(17-4-16-8)19-5-18-9/h3-5H,1-2H2,(H2,15,16,17,18,19). The van der Waals surface area contributed by atoms with E-state index in [1.807, 2.05) is 0 Å². The highest BCUT2D eigenvalue weighted by Gasteiger charge is 2.33. The van der Waals surface area contributed by atoms with Crippen LogP contribution in [0.2, 0.25) is 0 Å². The molecule has 0 aliphatic heterocycles. The number of hydrogen-bond acceptors (Lipinski definition) is 6. The third-order valence-electron chi connectivity index (χ3n) is 2.70. The molecule has 10 heteroatoms. The zero-order valence-corrected chi connectivity index (χ0v) is 11.3. The van der Waals surface area contributed by atoms with Gasteiger partial charge in [-0.15, -0.1) is 11.3 Å². The normalized spacial score (nSPS) is 12.0. The van der Waals surface area contributed by atoms with Crippen molar-refractivity contribution in [1.82, 2.24) is 24.9 Å². The van der Waals surface area contributed by atoms with Crippen LogP contribution in [0.25, 0.3) is 11.2 Å². The lowest BCUT2D eigenvalue weighted by Gasteiger charge is -2.04. The number of nitrogens with one attached hydrogen (secondary N) is 2. The van der Waals surface area contributed by atoms with Gasteiger partial charge in [-0.3, -0.25) is 0 Å². The number of alkyl halides is 3. The molecule has 2 N–H and O–H groups in total. The molecule has 21 heavy (non-hydrogen) atoms. The summed E-state index contributed by atoms with van der Waals surface area (Å²) >= 11 is 0.993. The summed E-state index contributed by atoms with van der Waals surface area (Å²) in [5.41, 5.74) is 0.342. The molecule has 0 saturated heterocycles. The SMILES string of the molecule is FC(F)(F)c1csc(CCNc2ncnc3nc[nH]c23)n1. The highest BCUT2D eigenvalue weighted by Crippen LogP contribution is 2.30. The third kappa shape index (κ3) is 2.94. The van der Waals surface area contributed by atoms with Crippen LogP contribution in [0.4, 0.5) is 19.0 Å². The number of anilines is 1. The van der Waals surface area contributed by atoms with E-state index < -0.39 is 11.9 Å². The van der Waals surface area contributed by atoms with Gasteiger partial charge in [-0.2, -0.15) is 13.2 Å². The van der Waals surface area contributed by atoms with E-state index in [2.05, 4.69) is 30.2 Å². The van der Waals surface area contributed by atoms with Crippen LogP contribution in [0, 0.1) is 0 Å². The van der Waals surface area contributed by atoms with Crippen LogP contribution in [-0.2, 0) is 12.6 Å². The molecule has 0 aromatic carbocycles. The Morgan fingerprint density at radius 1 is 1.24 bits per heavy atom. The van der Waals surface area contributed by atoms with Crippen LogP contribution in [0.3, 0.4) is 0 Å². The Balaban J connectivity index is 1.64. The predicted molar refractivity (Wildman–Crippen MR) is 71.0 cm³/mol. The number of fused-ring (bicyclic) bond motifs is 1. The van der Waals surface area contributed by atoms with Gasteiger partial charge in [0.25, 0.3) is 0 Å². The van der Waals surface area contributed by atoms with Crippen molar-refractivity contribution in [3.63, 3.8) is 0 Å². The number of nitrogens with zero attached hydrogens (tertiary/aromatic N) is 4. The van der Waals surface area contributed by atoms with Gasteiger partial charge in [-0.1, -0.05) is 0 Å². The van der Waals surface area contributed by atoms with Gasteiger partial charge in [-0.25, -0.2) is 19.9 Å². The van der Waals surface area contributed by atoms with E-state index in [4.69, 9.17) is 0 Å². The van der Waals surface area contributed by atoms with Gasteiger partial charge < -0.3 is 10.3 Å². The van der Waals surface area contributed by atoms with Crippen LogP contribution in [0.5, 0.6) is 0 Å². The first kappa shape index (κ1) is 13.7. The molecule has 0 saturated carbocycles. The summed E-state index contributed by atoms with van der Waals surface area (Å²) in [6, 6.07) is 0. The van der Waals surface area contributed by atoms with E-state index in [0.29, 0.717) is 35.0 Å². The lowest BCUT2D eigenvalue weighted by atomic mass is 10.4. The Bertz CT molecular complexity index is 750. The van der Waals surface area contributed by atoms with E-state index >= 15 is 0 Å². The lowest BCUT2D eigenvalue weighted by molar-refractivity contribution is -0.140. The van der Waals surface area contributed by atoms with E-state index in [1.54, 1.807) is 0 Å². The average Bonchev–Trinajstić information content (AvgIpc) is 3.06. The fourth-order valence-electron chi connectivity index (χ4n) is 1.74. The molecule has 0 aliphatic rings. The highest BCUT2D eigenvalue weighted by molar-refractivity contribution is 7.09. The van der Waals surface area contributed by atoms with Crippen LogP contribution in [0.15, 0.2) is 18.0 Å². The van der Waals surface area contributed by atoms with E-state index in [-0.39, 0.29) is 0 Å². The Morgan fingerprint density at radius 2 is 2.10 bits per heavy atom. The topological polar surface area (TPSA) is 79.4 Å². The Kier molecular flexibility index (Phi) is 3.45. The van der Waals surface area contributed by atoms with Gasteiger partial charge in [-0.05, 0) is 0 Å². The second kappa shape index (κ2) is 5.28. The van der Waals surface area contributed by atoms with Crippen molar-refractivity contribution in [3.05, 3.63) is 28.7 Å². The zero-order valence-electron chi connectivity index (χ0n) is 10.5. The Hall–Kier alpha value is -2.23. The van der Waals surface area contributed by atoms with Crippen molar-refractivity contribution in [3.8, 4) is 0 Å². The number of hydrogen-bond donors (Lipinski definition) is 2. The van der Waals surface area contributed by atoms with E-state index in [1.165, 1.54) is 12.7 Å². The second-order valence-corrected chi connectivity index (χ2v) is 5.07. The lowest BCUT2D eigenvalue weighted by Crippen LogP contribution is -2.08. The maximum absolute atomic E-state index is 12.4. The van der Waals surface area contributed by atoms with Crippen molar-refractivity contribution in [2.45, 2.75) is 12.6 Å². The molecule has 0 fully saturated rings. The van der Waals surface area contributed by atoms with Gasteiger partial charge in [0.05, 0.1) is 11.3 Å². The fourth-order valence-corrected chi connectivity index (χ4v) is 2.55. The van der Waals surface area contributed by atoms with Crippen molar-refractivity contribution >= 4 is 28.3 Å². The van der Waals surface area contributed by atoms with Crippen molar-refractivity contribution in [2.75, 3.05) is 11.9 Å². The number of imidazole rings is 1. The summed E-state index contributed by atoms with van der Waals surface area (Å²) in [6.45, 7) is 0.413. The molecule has 110 valence electrons. The Labute approximate surface area is 120 Å². The van der Waals surface area contributed by atoms with E-state index in [9.17, 15) is 13.2 Å². The first-order valence-corrected chi connectivity index (χ1v) is 6.81. The first-order valence-electron chi connectivity index (χ1n) is 5.93. The molecule has 0 unspecified atom stereocenters. The summed E-state index contributed by atoms with van der Waals surface area (Å²) in [4.78, 5) is 18.5. The molecule has 0 atom stereocenters. The minimum Gasteiger partial charge on any atom is -0.368 e. The highest BCUT2D eigenvalue weighted by atomic mass is 32.1. The molecular formula is C11H9F3N6S. The molecule has 3 aromatic rings. The number of aromatic amines is 1. The molecule has 0 aliphatic carbocycles. The average molecular weight is 314 g/mol.